The summed E-state index contributed by atoms with van der Waals surface area (Å²) in [6.45, 7) is 6.01. The highest BCUT2D eigenvalue weighted by Gasteiger charge is 2.41. The molecule has 1 N–H and O–H groups in total. The molecule has 0 spiro atoms. The number of carbonyl (C=O) groups is 3. The average molecular weight is 441 g/mol. The molecule has 2 aromatic rings. The monoisotopic (exact) mass is 441 g/mol. The van der Waals surface area contributed by atoms with E-state index in [-0.39, 0.29) is 24.8 Å². The lowest BCUT2D eigenvalue weighted by Crippen LogP contribution is -2.28. The van der Waals surface area contributed by atoms with Gasteiger partial charge in [-0.3, -0.25) is 19.3 Å². The number of nitrogens with zero attached hydrogens (tertiary/aromatic N) is 1. The summed E-state index contributed by atoms with van der Waals surface area (Å²) < 4.78 is 16.3. The van der Waals surface area contributed by atoms with Gasteiger partial charge in [-0.05, 0) is 36.3 Å². The average Bonchev–Trinajstić information content (AvgIpc) is 3.03. The molecule has 3 rings (SSSR count). The van der Waals surface area contributed by atoms with E-state index in [0.717, 1.165) is 18.7 Å². The molecule has 0 radical (unpaired) electrons. The van der Waals surface area contributed by atoms with Crippen molar-refractivity contribution in [1.29, 1.82) is 0 Å². The predicted octanol–water partition coefficient (Wildman–Crippen LogP) is 2.96. The Hall–Kier alpha value is -3.23. The van der Waals surface area contributed by atoms with Gasteiger partial charge >= 0.3 is 5.97 Å². The molecule has 1 aliphatic carbocycles. The van der Waals surface area contributed by atoms with Gasteiger partial charge in [0.25, 0.3) is 0 Å². The molecule has 1 atom stereocenters. The van der Waals surface area contributed by atoms with Gasteiger partial charge in [-0.2, -0.15) is 0 Å². The minimum atomic E-state index is -1.25. The van der Waals surface area contributed by atoms with E-state index < -0.39 is 12.1 Å². The number of ether oxygens (including phenoxy) is 3. The minimum absolute atomic E-state index is 0.147. The second-order valence-electron chi connectivity index (χ2n) is 7.39. The van der Waals surface area contributed by atoms with Gasteiger partial charge in [0.05, 0.1) is 13.5 Å². The first kappa shape index (κ1) is 23.4. The Morgan fingerprint density at radius 1 is 1.06 bits per heavy atom. The molecule has 0 saturated carbocycles. The van der Waals surface area contributed by atoms with Crippen LogP contribution in [0.4, 0.5) is 0 Å². The number of ketones is 2. The lowest BCUT2D eigenvalue weighted by atomic mass is 10.0. The topological polar surface area (TPSA) is 102 Å². The van der Waals surface area contributed by atoms with E-state index in [9.17, 15) is 14.4 Å². The number of Topliss-reactive ketones (excluding diaryl/α,β-unsaturated/α-hetero) is 2. The van der Waals surface area contributed by atoms with Gasteiger partial charge in [0.2, 0.25) is 5.78 Å². The summed E-state index contributed by atoms with van der Waals surface area (Å²) in [5, 5.41) is 8.92. The summed E-state index contributed by atoms with van der Waals surface area (Å²) in [6, 6.07) is 10.0. The SMILES string of the molecule is CCN(CC)Cc1cccc2c1C(=O)C(OCOc1ccc(CC(=O)O)cc1OC)C2=O. The van der Waals surface area contributed by atoms with Crippen molar-refractivity contribution >= 4 is 17.5 Å². The van der Waals surface area contributed by atoms with Crippen molar-refractivity contribution in [2.75, 3.05) is 27.0 Å². The second-order valence-corrected chi connectivity index (χ2v) is 7.39. The number of carboxylic acids is 1. The highest BCUT2D eigenvalue weighted by Crippen LogP contribution is 2.30. The highest BCUT2D eigenvalue weighted by molar-refractivity contribution is 6.29. The number of carboxylic acid groups (broad SMARTS) is 1. The zero-order valence-electron chi connectivity index (χ0n) is 18.4. The van der Waals surface area contributed by atoms with Crippen LogP contribution in [0.3, 0.4) is 0 Å². The summed E-state index contributed by atoms with van der Waals surface area (Å²) >= 11 is 0. The molecule has 2 aromatic carbocycles. The first-order chi connectivity index (χ1) is 15.4. The number of carbonyl (C=O) groups excluding carboxylic acids is 2. The van der Waals surface area contributed by atoms with Crippen LogP contribution in [0.2, 0.25) is 0 Å². The van der Waals surface area contributed by atoms with Gasteiger partial charge < -0.3 is 19.3 Å². The Morgan fingerprint density at radius 2 is 1.81 bits per heavy atom. The fourth-order valence-corrected chi connectivity index (χ4v) is 3.74. The van der Waals surface area contributed by atoms with Crippen LogP contribution >= 0.6 is 0 Å². The van der Waals surface area contributed by atoms with Crippen LogP contribution in [-0.2, 0) is 22.5 Å². The summed E-state index contributed by atoms with van der Waals surface area (Å²) in [5.74, 6) is -1.04. The molecule has 8 heteroatoms. The van der Waals surface area contributed by atoms with E-state index in [4.69, 9.17) is 19.3 Å². The van der Waals surface area contributed by atoms with Crippen LogP contribution in [0, 0.1) is 0 Å². The third-order valence-corrected chi connectivity index (χ3v) is 5.46. The molecule has 0 aromatic heterocycles. The first-order valence-electron chi connectivity index (χ1n) is 10.4. The van der Waals surface area contributed by atoms with Crippen molar-refractivity contribution in [1.82, 2.24) is 4.90 Å². The quantitative estimate of drug-likeness (QED) is 0.419. The molecular weight excluding hydrogens is 414 g/mol. The molecule has 0 fully saturated rings. The molecule has 170 valence electrons. The molecule has 0 aliphatic heterocycles. The predicted molar refractivity (Wildman–Crippen MR) is 116 cm³/mol. The van der Waals surface area contributed by atoms with E-state index in [1.165, 1.54) is 7.11 Å². The Balaban J connectivity index is 1.69. The minimum Gasteiger partial charge on any atom is -0.493 e. The van der Waals surface area contributed by atoms with Gasteiger partial charge in [-0.15, -0.1) is 0 Å². The number of methoxy groups -OCH3 is 1. The summed E-state index contributed by atoms with van der Waals surface area (Å²) in [4.78, 5) is 38.9. The number of hydrogen-bond donors (Lipinski definition) is 1. The largest absolute Gasteiger partial charge is 0.493 e. The normalized spacial score (nSPS) is 15.2. The first-order valence-corrected chi connectivity index (χ1v) is 10.4. The molecule has 32 heavy (non-hydrogen) atoms. The maximum Gasteiger partial charge on any atom is 0.307 e. The van der Waals surface area contributed by atoms with Crippen LogP contribution < -0.4 is 9.47 Å². The van der Waals surface area contributed by atoms with Crippen LogP contribution in [0.1, 0.15) is 45.7 Å². The van der Waals surface area contributed by atoms with Crippen LogP contribution in [0.5, 0.6) is 11.5 Å². The lowest BCUT2D eigenvalue weighted by Gasteiger charge is -2.19. The second kappa shape index (κ2) is 10.4. The van der Waals surface area contributed by atoms with Crippen LogP contribution in [-0.4, -0.2) is 60.6 Å². The van der Waals surface area contributed by atoms with E-state index in [1.54, 1.807) is 30.3 Å². The van der Waals surface area contributed by atoms with E-state index in [2.05, 4.69) is 4.90 Å². The number of benzene rings is 2. The van der Waals surface area contributed by atoms with Gasteiger partial charge in [0.1, 0.15) is 0 Å². The van der Waals surface area contributed by atoms with Gasteiger partial charge in [0, 0.05) is 17.7 Å². The Bertz CT molecular complexity index is 1010. The summed E-state index contributed by atoms with van der Waals surface area (Å²) in [7, 11) is 1.44. The number of rotatable bonds is 11. The van der Waals surface area contributed by atoms with Crippen molar-refractivity contribution in [3.8, 4) is 11.5 Å². The number of aliphatic carboxylic acids is 1. The van der Waals surface area contributed by atoms with Gasteiger partial charge in [0.15, 0.2) is 30.2 Å². The van der Waals surface area contributed by atoms with Crippen molar-refractivity contribution in [3.63, 3.8) is 0 Å². The zero-order chi connectivity index (χ0) is 23.3. The van der Waals surface area contributed by atoms with Crippen molar-refractivity contribution < 1.29 is 33.7 Å². The maximum absolute atomic E-state index is 13.0. The molecule has 0 amide bonds. The summed E-state index contributed by atoms with van der Waals surface area (Å²) in [6.07, 6.45) is -1.40. The standard InChI is InChI=1S/C24H27NO7/c1-4-25(5-2)13-16-7-6-8-17-21(16)23(29)24(22(17)28)32-14-31-18-10-9-15(12-20(26)27)11-19(18)30-3/h6-11,24H,4-5,12-14H2,1-3H3,(H,26,27). The number of hydrogen-bond acceptors (Lipinski definition) is 7. The van der Waals surface area contributed by atoms with Gasteiger partial charge in [-0.1, -0.05) is 38.1 Å². The molecule has 1 aliphatic rings. The molecular formula is C24H27NO7. The summed E-state index contributed by atoms with van der Waals surface area (Å²) in [5.41, 5.74) is 2.16. The maximum atomic E-state index is 13.0. The number of fused-ring (bicyclic) bond motifs is 1. The smallest absolute Gasteiger partial charge is 0.307 e. The highest BCUT2D eigenvalue weighted by atomic mass is 16.7. The lowest BCUT2D eigenvalue weighted by molar-refractivity contribution is -0.136. The Labute approximate surface area is 186 Å². The molecule has 0 heterocycles. The van der Waals surface area contributed by atoms with E-state index in [1.807, 2.05) is 19.9 Å². The molecule has 0 saturated heterocycles. The molecule has 8 nitrogen and oxygen atoms in total. The molecule has 0 bridgehead atoms. The zero-order valence-corrected chi connectivity index (χ0v) is 18.4. The molecule has 1 unspecified atom stereocenters. The van der Waals surface area contributed by atoms with Crippen molar-refractivity contribution in [2.24, 2.45) is 0 Å². The van der Waals surface area contributed by atoms with E-state index in [0.29, 0.717) is 34.7 Å². The van der Waals surface area contributed by atoms with E-state index >= 15 is 0 Å². The van der Waals surface area contributed by atoms with Crippen molar-refractivity contribution in [3.05, 3.63) is 58.7 Å². The van der Waals surface area contributed by atoms with Crippen LogP contribution in [0.25, 0.3) is 0 Å². The van der Waals surface area contributed by atoms with Gasteiger partial charge in [-0.25, -0.2) is 0 Å². The Kier molecular flexibility index (Phi) is 7.61. The Morgan fingerprint density at radius 3 is 2.47 bits per heavy atom. The fraction of sp³-hybridized carbons (Fsp3) is 0.375. The third-order valence-electron chi connectivity index (χ3n) is 5.46. The van der Waals surface area contributed by atoms with Crippen molar-refractivity contribution in [2.45, 2.75) is 32.9 Å². The fourth-order valence-electron chi connectivity index (χ4n) is 3.74. The third kappa shape index (κ3) is 4.98. The van der Waals surface area contributed by atoms with Crippen LogP contribution in [0.15, 0.2) is 36.4 Å².